The van der Waals surface area contributed by atoms with Crippen molar-refractivity contribution in [2.45, 2.75) is 42.9 Å². The third kappa shape index (κ3) is 4.69. The number of benzene rings is 1. The minimum absolute atomic E-state index is 0.0892. The van der Waals surface area contributed by atoms with E-state index in [1.165, 1.54) is 6.07 Å². The first-order chi connectivity index (χ1) is 9.84. The summed E-state index contributed by atoms with van der Waals surface area (Å²) in [6, 6.07) is 4.82. The van der Waals surface area contributed by atoms with E-state index in [4.69, 9.17) is 5.11 Å². The molecule has 21 heavy (non-hydrogen) atoms. The van der Waals surface area contributed by atoms with E-state index in [0.29, 0.717) is 16.6 Å². The first-order valence-electron chi connectivity index (χ1n) is 6.78. The van der Waals surface area contributed by atoms with Crippen LogP contribution in [0, 0.1) is 0 Å². The van der Waals surface area contributed by atoms with Gasteiger partial charge in [-0.05, 0) is 52.7 Å². The highest BCUT2D eigenvalue weighted by molar-refractivity contribution is 9.10. The van der Waals surface area contributed by atoms with Crippen LogP contribution in [0.25, 0.3) is 0 Å². The summed E-state index contributed by atoms with van der Waals surface area (Å²) >= 11 is 4.95. The molecule has 1 aromatic carbocycles. The molecule has 0 aliphatic heterocycles. The normalized spacial score (nSPS) is 12.6. The molecule has 120 valence electrons. The maximum absolute atomic E-state index is 12.5. The van der Waals surface area contributed by atoms with Gasteiger partial charge >= 0.3 is 0 Å². The van der Waals surface area contributed by atoms with E-state index < -0.39 is 10.0 Å². The standard InChI is InChI=1S/C14H22BrNO3S2/c1-4-14(5-2,20-3)10-16-21(18,19)13-8-11(9-17)6-7-12(13)15/h6-8,16-17H,4-5,9-10H2,1-3H3. The molecule has 7 heteroatoms. The zero-order valence-electron chi connectivity index (χ0n) is 12.5. The van der Waals surface area contributed by atoms with Crippen molar-refractivity contribution >= 4 is 37.7 Å². The summed E-state index contributed by atoms with van der Waals surface area (Å²) < 4.78 is 28.1. The van der Waals surface area contributed by atoms with Crippen LogP contribution in [0.3, 0.4) is 0 Å². The molecule has 0 aromatic heterocycles. The highest BCUT2D eigenvalue weighted by Crippen LogP contribution is 2.30. The second kappa shape index (κ2) is 7.97. The molecule has 0 bridgehead atoms. The van der Waals surface area contributed by atoms with Crippen LogP contribution in [0.1, 0.15) is 32.3 Å². The van der Waals surface area contributed by atoms with Crippen LogP contribution in [0.2, 0.25) is 0 Å². The molecule has 0 saturated heterocycles. The van der Waals surface area contributed by atoms with E-state index in [1.54, 1.807) is 23.9 Å². The smallest absolute Gasteiger partial charge is 0.241 e. The van der Waals surface area contributed by atoms with Gasteiger partial charge in [0, 0.05) is 15.8 Å². The fraction of sp³-hybridized carbons (Fsp3) is 0.571. The van der Waals surface area contributed by atoms with Crippen molar-refractivity contribution in [2.24, 2.45) is 0 Å². The van der Waals surface area contributed by atoms with E-state index in [-0.39, 0.29) is 16.2 Å². The lowest BCUT2D eigenvalue weighted by Gasteiger charge is -2.29. The minimum atomic E-state index is -3.61. The number of hydrogen-bond donors (Lipinski definition) is 2. The van der Waals surface area contributed by atoms with Gasteiger partial charge in [0.1, 0.15) is 0 Å². The van der Waals surface area contributed by atoms with Crippen LogP contribution in [0.15, 0.2) is 27.6 Å². The summed E-state index contributed by atoms with van der Waals surface area (Å²) in [6.07, 6.45) is 3.79. The van der Waals surface area contributed by atoms with Crippen LogP contribution in [-0.2, 0) is 16.6 Å². The Hall–Kier alpha value is -0.0800. The molecular formula is C14H22BrNO3S2. The molecule has 0 aliphatic rings. The largest absolute Gasteiger partial charge is 0.392 e. The van der Waals surface area contributed by atoms with Crippen LogP contribution in [-0.4, -0.2) is 31.1 Å². The Balaban J connectivity index is 3.02. The maximum atomic E-state index is 12.5. The van der Waals surface area contributed by atoms with Crippen molar-refractivity contribution in [3.8, 4) is 0 Å². The first-order valence-corrected chi connectivity index (χ1v) is 10.3. The molecule has 0 spiro atoms. The zero-order chi connectivity index (χ0) is 16.1. The number of aliphatic hydroxyl groups excluding tert-OH is 1. The van der Waals surface area contributed by atoms with Crippen molar-refractivity contribution < 1.29 is 13.5 Å². The molecule has 0 atom stereocenters. The summed E-state index contributed by atoms with van der Waals surface area (Å²) in [6.45, 7) is 4.33. The summed E-state index contributed by atoms with van der Waals surface area (Å²) in [5, 5.41) is 9.16. The van der Waals surface area contributed by atoms with E-state index >= 15 is 0 Å². The third-order valence-electron chi connectivity index (χ3n) is 3.77. The predicted octanol–water partition coefficient (Wildman–Crippen LogP) is 3.14. The van der Waals surface area contributed by atoms with Crippen LogP contribution in [0.5, 0.6) is 0 Å². The van der Waals surface area contributed by atoms with Gasteiger partial charge in [-0.3, -0.25) is 0 Å². The molecule has 2 N–H and O–H groups in total. The topological polar surface area (TPSA) is 66.4 Å². The lowest BCUT2D eigenvalue weighted by atomic mass is 10.0. The Kier molecular flexibility index (Phi) is 7.19. The zero-order valence-corrected chi connectivity index (χ0v) is 15.7. The molecule has 0 fully saturated rings. The quantitative estimate of drug-likeness (QED) is 0.709. The third-order valence-corrected chi connectivity index (χ3v) is 7.76. The fourth-order valence-corrected chi connectivity index (χ4v) is 5.04. The van der Waals surface area contributed by atoms with Gasteiger partial charge in [0.15, 0.2) is 0 Å². The van der Waals surface area contributed by atoms with E-state index in [9.17, 15) is 8.42 Å². The second-order valence-corrected chi connectivity index (χ2v) is 8.71. The van der Waals surface area contributed by atoms with Gasteiger partial charge in [0.05, 0.1) is 11.5 Å². The summed E-state index contributed by atoms with van der Waals surface area (Å²) in [4.78, 5) is 0.163. The van der Waals surface area contributed by atoms with Gasteiger partial charge in [0.25, 0.3) is 0 Å². The molecule has 4 nitrogen and oxygen atoms in total. The van der Waals surface area contributed by atoms with Crippen molar-refractivity contribution in [1.29, 1.82) is 0 Å². The number of thioether (sulfide) groups is 1. The molecule has 0 radical (unpaired) electrons. The molecule has 0 amide bonds. The Labute approximate surface area is 139 Å². The number of aliphatic hydroxyl groups is 1. The SMILES string of the molecule is CCC(CC)(CNS(=O)(=O)c1cc(CO)ccc1Br)SC. The van der Waals surface area contributed by atoms with E-state index in [2.05, 4.69) is 34.5 Å². The minimum Gasteiger partial charge on any atom is -0.392 e. The highest BCUT2D eigenvalue weighted by Gasteiger charge is 2.28. The number of hydrogen-bond acceptors (Lipinski definition) is 4. The Morgan fingerprint density at radius 3 is 2.43 bits per heavy atom. The van der Waals surface area contributed by atoms with Gasteiger partial charge in [-0.1, -0.05) is 19.9 Å². The van der Waals surface area contributed by atoms with Crippen LogP contribution < -0.4 is 4.72 Å². The predicted molar refractivity (Wildman–Crippen MR) is 92.1 cm³/mol. The van der Waals surface area contributed by atoms with Gasteiger partial charge in [0.2, 0.25) is 10.0 Å². The Morgan fingerprint density at radius 1 is 1.33 bits per heavy atom. The van der Waals surface area contributed by atoms with Gasteiger partial charge < -0.3 is 5.11 Å². The Morgan fingerprint density at radius 2 is 1.95 bits per heavy atom. The van der Waals surface area contributed by atoms with Crippen molar-refractivity contribution in [3.05, 3.63) is 28.2 Å². The average Bonchev–Trinajstić information content (AvgIpc) is 2.49. The number of nitrogens with one attached hydrogen (secondary N) is 1. The molecule has 1 rings (SSSR count). The highest BCUT2D eigenvalue weighted by atomic mass is 79.9. The van der Waals surface area contributed by atoms with Crippen LogP contribution in [0.4, 0.5) is 0 Å². The summed E-state index contributed by atoms with van der Waals surface area (Å²) in [5.41, 5.74) is 0.570. The molecular weight excluding hydrogens is 374 g/mol. The molecule has 0 saturated carbocycles. The molecule has 0 heterocycles. The lowest BCUT2D eigenvalue weighted by Crippen LogP contribution is -2.39. The molecule has 0 aliphatic carbocycles. The van der Waals surface area contributed by atoms with E-state index in [0.717, 1.165) is 12.8 Å². The average molecular weight is 396 g/mol. The summed E-state index contributed by atoms with van der Waals surface area (Å²) in [5.74, 6) is 0. The van der Waals surface area contributed by atoms with Gasteiger partial charge in [-0.25, -0.2) is 13.1 Å². The van der Waals surface area contributed by atoms with Gasteiger partial charge in [-0.15, -0.1) is 0 Å². The Bertz CT molecular complexity index is 563. The molecule has 0 unspecified atom stereocenters. The fourth-order valence-electron chi connectivity index (χ4n) is 2.02. The second-order valence-electron chi connectivity index (χ2n) is 4.84. The van der Waals surface area contributed by atoms with Crippen molar-refractivity contribution in [1.82, 2.24) is 4.72 Å². The monoisotopic (exact) mass is 395 g/mol. The lowest BCUT2D eigenvalue weighted by molar-refractivity contribution is 0.281. The number of sulfonamides is 1. The molecule has 1 aromatic rings. The van der Waals surface area contributed by atoms with Gasteiger partial charge in [-0.2, -0.15) is 11.8 Å². The van der Waals surface area contributed by atoms with Crippen LogP contribution >= 0.6 is 27.7 Å². The van der Waals surface area contributed by atoms with Crippen molar-refractivity contribution in [3.63, 3.8) is 0 Å². The maximum Gasteiger partial charge on any atom is 0.241 e. The van der Waals surface area contributed by atoms with E-state index in [1.807, 2.05) is 6.26 Å². The number of rotatable bonds is 8. The van der Waals surface area contributed by atoms with Crippen molar-refractivity contribution in [2.75, 3.05) is 12.8 Å². The summed E-state index contributed by atoms with van der Waals surface area (Å²) in [7, 11) is -3.61. The number of halogens is 1. The first kappa shape index (κ1) is 19.0.